The summed E-state index contributed by atoms with van der Waals surface area (Å²) in [6.45, 7) is 7.27. The van der Waals surface area contributed by atoms with Crippen molar-refractivity contribution >= 4 is 5.91 Å². The standard InChI is InChI=1S/C14H21NO3/c1-5-6-10(2)13(16)15-9-14(4,17)12-8-7-11(3)18-12/h6-8,17H,5,9H2,1-4H3,(H,15,16). The quantitative estimate of drug-likeness (QED) is 0.789. The number of aryl methyl sites for hydroxylation is 1. The summed E-state index contributed by atoms with van der Waals surface area (Å²) in [6.07, 6.45) is 2.66. The molecule has 0 aromatic carbocycles. The lowest BCUT2D eigenvalue weighted by Gasteiger charge is -2.21. The van der Waals surface area contributed by atoms with Gasteiger partial charge in [-0.2, -0.15) is 0 Å². The molecule has 1 unspecified atom stereocenters. The largest absolute Gasteiger partial charge is 0.463 e. The molecule has 0 aliphatic heterocycles. The first kappa shape index (κ1) is 14.5. The van der Waals surface area contributed by atoms with Crippen LogP contribution in [0.15, 0.2) is 28.2 Å². The van der Waals surface area contributed by atoms with Gasteiger partial charge >= 0.3 is 0 Å². The van der Waals surface area contributed by atoms with Crippen LogP contribution in [0, 0.1) is 6.92 Å². The monoisotopic (exact) mass is 251 g/mol. The van der Waals surface area contributed by atoms with Crippen molar-refractivity contribution in [1.82, 2.24) is 5.32 Å². The summed E-state index contributed by atoms with van der Waals surface area (Å²) in [5, 5.41) is 12.9. The Morgan fingerprint density at radius 2 is 2.22 bits per heavy atom. The number of aliphatic hydroxyl groups is 1. The smallest absolute Gasteiger partial charge is 0.246 e. The normalized spacial score (nSPS) is 15.3. The molecule has 1 aromatic heterocycles. The molecule has 18 heavy (non-hydrogen) atoms. The van der Waals surface area contributed by atoms with Gasteiger partial charge in [-0.25, -0.2) is 0 Å². The van der Waals surface area contributed by atoms with Crippen molar-refractivity contribution in [2.45, 2.75) is 39.7 Å². The average Bonchev–Trinajstić information content (AvgIpc) is 2.74. The Labute approximate surface area is 108 Å². The van der Waals surface area contributed by atoms with E-state index in [9.17, 15) is 9.90 Å². The van der Waals surface area contributed by atoms with E-state index in [4.69, 9.17) is 4.42 Å². The topological polar surface area (TPSA) is 62.5 Å². The minimum atomic E-state index is -1.20. The van der Waals surface area contributed by atoms with Crippen molar-refractivity contribution in [3.63, 3.8) is 0 Å². The number of carbonyl (C=O) groups is 1. The maximum Gasteiger partial charge on any atom is 0.246 e. The average molecular weight is 251 g/mol. The molecule has 0 bridgehead atoms. The molecule has 0 fully saturated rings. The third kappa shape index (κ3) is 3.74. The molecule has 0 spiro atoms. The summed E-state index contributed by atoms with van der Waals surface area (Å²) in [5.74, 6) is 1.02. The van der Waals surface area contributed by atoms with Gasteiger partial charge in [0.15, 0.2) is 0 Å². The van der Waals surface area contributed by atoms with Gasteiger partial charge in [0.1, 0.15) is 17.1 Å². The van der Waals surface area contributed by atoms with Crippen LogP contribution >= 0.6 is 0 Å². The lowest BCUT2D eigenvalue weighted by Crippen LogP contribution is -2.38. The summed E-state index contributed by atoms with van der Waals surface area (Å²) < 4.78 is 5.37. The first-order chi connectivity index (χ1) is 8.36. The van der Waals surface area contributed by atoms with Gasteiger partial charge in [-0.15, -0.1) is 0 Å². The van der Waals surface area contributed by atoms with Crippen LogP contribution in [0.5, 0.6) is 0 Å². The molecule has 1 heterocycles. The minimum absolute atomic E-state index is 0.119. The van der Waals surface area contributed by atoms with E-state index in [-0.39, 0.29) is 12.5 Å². The molecule has 4 nitrogen and oxygen atoms in total. The first-order valence-corrected chi connectivity index (χ1v) is 6.11. The van der Waals surface area contributed by atoms with E-state index in [0.717, 1.165) is 12.2 Å². The Kier molecular flexibility index (Phi) is 4.73. The van der Waals surface area contributed by atoms with Crippen LogP contribution in [0.1, 0.15) is 38.7 Å². The summed E-state index contributed by atoms with van der Waals surface area (Å²) in [7, 11) is 0. The summed E-state index contributed by atoms with van der Waals surface area (Å²) in [4.78, 5) is 11.7. The molecule has 0 saturated heterocycles. The first-order valence-electron chi connectivity index (χ1n) is 6.11. The van der Waals surface area contributed by atoms with Crippen molar-refractivity contribution < 1.29 is 14.3 Å². The zero-order valence-corrected chi connectivity index (χ0v) is 11.4. The van der Waals surface area contributed by atoms with E-state index in [2.05, 4.69) is 5.32 Å². The van der Waals surface area contributed by atoms with Crippen molar-refractivity contribution in [1.29, 1.82) is 0 Å². The summed E-state index contributed by atoms with van der Waals surface area (Å²) in [6, 6.07) is 3.50. The van der Waals surface area contributed by atoms with Gasteiger partial charge in [-0.1, -0.05) is 13.0 Å². The molecule has 0 aliphatic rings. The van der Waals surface area contributed by atoms with Gasteiger partial charge in [0, 0.05) is 5.57 Å². The van der Waals surface area contributed by atoms with E-state index >= 15 is 0 Å². The van der Waals surface area contributed by atoms with Gasteiger partial charge in [-0.05, 0) is 39.3 Å². The third-order valence-corrected chi connectivity index (χ3v) is 2.73. The van der Waals surface area contributed by atoms with Gasteiger partial charge in [0.2, 0.25) is 5.91 Å². The molecule has 0 saturated carbocycles. The second kappa shape index (κ2) is 5.87. The van der Waals surface area contributed by atoms with Gasteiger partial charge in [-0.3, -0.25) is 4.79 Å². The van der Waals surface area contributed by atoms with Crippen LogP contribution in [-0.4, -0.2) is 17.6 Å². The molecule has 4 heteroatoms. The number of hydrogen-bond acceptors (Lipinski definition) is 3. The third-order valence-electron chi connectivity index (χ3n) is 2.73. The van der Waals surface area contributed by atoms with Gasteiger partial charge in [0.25, 0.3) is 0 Å². The Balaban J connectivity index is 2.62. The zero-order valence-electron chi connectivity index (χ0n) is 11.4. The van der Waals surface area contributed by atoms with Crippen LogP contribution in [0.4, 0.5) is 0 Å². The van der Waals surface area contributed by atoms with E-state index < -0.39 is 5.60 Å². The Morgan fingerprint density at radius 1 is 1.56 bits per heavy atom. The highest BCUT2D eigenvalue weighted by Crippen LogP contribution is 2.21. The number of hydrogen-bond donors (Lipinski definition) is 2. The lowest BCUT2D eigenvalue weighted by atomic mass is 10.0. The van der Waals surface area contributed by atoms with Crippen molar-refractivity contribution in [2.75, 3.05) is 6.54 Å². The molecule has 0 radical (unpaired) electrons. The predicted octanol–water partition coefficient (Wildman–Crippen LogP) is 2.27. The molecule has 1 atom stereocenters. The Bertz CT molecular complexity index is 444. The maximum absolute atomic E-state index is 11.7. The van der Waals surface area contributed by atoms with Crippen LogP contribution in [0.2, 0.25) is 0 Å². The highest BCUT2D eigenvalue weighted by molar-refractivity contribution is 5.92. The fourth-order valence-electron chi connectivity index (χ4n) is 1.60. The predicted molar refractivity (Wildman–Crippen MR) is 70.1 cm³/mol. The number of carbonyl (C=O) groups excluding carboxylic acids is 1. The van der Waals surface area contributed by atoms with E-state index in [1.165, 1.54) is 0 Å². The van der Waals surface area contributed by atoms with Gasteiger partial charge in [0.05, 0.1) is 6.54 Å². The van der Waals surface area contributed by atoms with Crippen molar-refractivity contribution in [3.05, 3.63) is 35.3 Å². The van der Waals surface area contributed by atoms with Crippen molar-refractivity contribution in [2.24, 2.45) is 0 Å². The minimum Gasteiger partial charge on any atom is -0.463 e. The fourth-order valence-corrected chi connectivity index (χ4v) is 1.60. The maximum atomic E-state index is 11.7. The summed E-state index contributed by atoms with van der Waals surface area (Å²) >= 11 is 0. The van der Waals surface area contributed by atoms with Crippen molar-refractivity contribution in [3.8, 4) is 0 Å². The SMILES string of the molecule is CCC=C(C)C(=O)NCC(C)(O)c1ccc(C)o1. The highest BCUT2D eigenvalue weighted by Gasteiger charge is 2.27. The van der Waals surface area contributed by atoms with Crippen LogP contribution < -0.4 is 5.32 Å². The molecule has 100 valence electrons. The van der Waals surface area contributed by atoms with Crippen LogP contribution in [0.3, 0.4) is 0 Å². The second-order valence-corrected chi connectivity index (χ2v) is 4.66. The number of rotatable bonds is 5. The van der Waals surface area contributed by atoms with Gasteiger partial charge < -0.3 is 14.8 Å². The molecular formula is C14H21NO3. The van der Waals surface area contributed by atoms with Crippen LogP contribution in [0.25, 0.3) is 0 Å². The summed E-state index contributed by atoms with van der Waals surface area (Å²) in [5.41, 5.74) is -0.542. The lowest BCUT2D eigenvalue weighted by molar-refractivity contribution is -0.118. The van der Waals surface area contributed by atoms with E-state index in [0.29, 0.717) is 11.3 Å². The van der Waals surface area contributed by atoms with Crippen LogP contribution in [-0.2, 0) is 10.4 Å². The number of furan rings is 1. The van der Waals surface area contributed by atoms with E-state index in [1.54, 1.807) is 26.0 Å². The zero-order chi connectivity index (χ0) is 13.8. The Morgan fingerprint density at radius 3 is 2.72 bits per heavy atom. The number of nitrogens with one attached hydrogen (secondary N) is 1. The number of amides is 1. The highest BCUT2D eigenvalue weighted by atomic mass is 16.4. The van der Waals surface area contributed by atoms with E-state index in [1.807, 2.05) is 19.9 Å². The second-order valence-electron chi connectivity index (χ2n) is 4.66. The molecule has 2 N–H and O–H groups in total. The number of allylic oxidation sites excluding steroid dienone is 1. The Hall–Kier alpha value is -1.55. The fraction of sp³-hybridized carbons (Fsp3) is 0.500. The molecular weight excluding hydrogens is 230 g/mol. The molecule has 1 amide bonds. The molecule has 1 aromatic rings. The molecule has 1 rings (SSSR count). The molecule has 0 aliphatic carbocycles.